The van der Waals surface area contributed by atoms with E-state index in [0.717, 1.165) is 32.5 Å². The maximum Gasteiger partial charge on any atom is 0.223 e. The average Bonchev–Trinajstić information content (AvgIpc) is 2.75. The number of carbonyl (C=O) groups is 1. The van der Waals surface area contributed by atoms with E-state index in [0.29, 0.717) is 0 Å². The molecule has 1 aliphatic carbocycles. The number of fused-ring (bicyclic) bond motifs is 1. The van der Waals surface area contributed by atoms with Crippen molar-refractivity contribution >= 4 is 5.91 Å². The fourth-order valence-electron chi connectivity index (χ4n) is 4.74. The van der Waals surface area contributed by atoms with E-state index >= 15 is 0 Å². The molecule has 1 aliphatic heterocycles. The molecule has 4 rings (SSSR count). The van der Waals surface area contributed by atoms with Crippen molar-refractivity contribution in [1.82, 2.24) is 10.2 Å². The summed E-state index contributed by atoms with van der Waals surface area (Å²) in [6, 6.07) is 15.7. The largest absolute Gasteiger partial charge is 0.349 e. The molecule has 0 saturated carbocycles. The first-order valence-electron chi connectivity index (χ1n) is 11.3. The van der Waals surface area contributed by atoms with Crippen LogP contribution in [0.15, 0.2) is 42.5 Å². The molecule has 2 aromatic carbocycles. The summed E-state index contributed by atoms with van der Waals surface area (Å²) in [6.07, 6.45) is 6.89. The van der Waals surface area contributed by atoms with Crippen molar-refractivity contribution in [3.8, 4) is 0 Å². The Balaban J connectivity index is 1.27. The van der Waals surface area contributed by atoms with Gasteiger partial charge in [-0.2, -0.15) is 0 Å². The van der Waals surface area contributed by atoms with E-state index in [1.165, 1.54) is 53.5 Å². The molecule has 1 fully saturated rings. The molecule has 1 atom stereocenters. The second-order valence-electron chi connectivity index (χ2n) is 9.00. The molecule has 1 N–H and O–H groups in total. The molecular formula is C26H34N2O. The van der Waals surface area contributed by atoms with Gasteiger partial charge in [0.25, 0.3) is 0 Å². The SMILES string of the molecule is Cc1ccc(CN2CCC(C(=O)N[C@H](C)c3ccc4c(c3)CCCC4)CC2)cc1. The summed E-state index contributed by atoms with van der Waals surface area (Å²) in [5.74, 6) is 0.370. The molecule has 3 heteroatoms. The first kappa shape index (κ1) is 20.2. The highest BCUT2D eigenvalue weighted by atomic mass is 16.1. The van der Waals surface area contributed by atoms with Crippen LogP contribution in [-0.2, 0) is 24.2 Å². The smallest absolute Gasteiger partial charge is 0.223 e. The standard InChI is InChI=1S/C26H34N2O/c1-19-7-9-21(10-8-19)18-28-15-13-23(14-16-28)26(29)27-20(2)24-12-11-22-5-3-4-6-25(22)17-24/h7-12,17,20,23H,3-6,13-16,18H2,1-2H3,(H,27,29)/t20-/m1/s1. The van der Waals surface area contributed by atoms with Crippen molar-refractivity contribution in [3.05, 3.63) is 70.3 Å². The van der Waals surface area contributed by atoms with Crippen LogP contribution in [0.25, 0.3) is 0 Å². The van der Waals surface area contributed by atoms with Gasteiger partial charge in [-0.3, -0.25) is 9.69 Å². The quantitative estimate of drug-likeness (QED) is 0.782. The third kappa shape index (κ3) is 5.08. The van der Waals surface area contributed by atoms with E-state index in [4.69, 9.17) is 0 Å². The fourth-order valence-corrected chi connectivity index (χ4v) is 4.74. The van der Waals surface area contributed by atoms with Gasteiger partial charge in [0.05, 0.1) is 6.04 Å². The molecule has 2 aromatic rings. The van der Waals surface area contributed by atoms with Crippen molar-refractivity contribution in [3.63, 3.8) is 0 Å². The molecule has 3 nitrogen and oxygen atoms in total. The molecule has 1 heterocycles. The summed E-state index contributed by atoms with van der Waals surface area (Å²) in [5.41, 5.74) is 6.89. The monoisotopic (exact) mass is 390 g/mol. The lowest BCUT2D eigenvalue weighted by atomic mass is 9.89. The maximum atomic E-state index is 12.8. The Hall–Kier alpha value is -2.13. The molecule has 0 spiro atoms. The van der Waals surface area contributed by atoms with Crippen LogP contribution in [0.2, 0.25) is 0 Å². The number of benzene rings is 2. The highest BCUT2D eigenvalue weighted by Gasteiger charge is 2.26. The molecular weight excluding hydrogens is 356 g/mol. The van der Waals surface area contributed by atoms with Gasteiger partial charge in [0, 0.05) is 12.5 Å². The molecule has 154 valence electrons. The predicted molar refractivity (Wildman–Crippen MR) is 119 cm³/mol. The third-order valence-corrected chi connectivity index (χ3v) is 6.72. The number of hydrogen-bond donors (Lipinski definition) is 1. The molecule has 2 aliphatic rings. The highest BCUT2D eigenvalue weighted by Crippen LogP contribution is 2.26. The topological polar surface area (TPSA) is 32.3 Å². The summed E-state index contributed by atoms with van der Waals surface area (Å²) in [6.45, 7) is 7.23. The summed E-state index contributed by atoms with van der Waals surface area (Å²) < 4.78 is 0. The Kier molecular flexibility index (Phi) is 6.34. The van der Waals surface area contributed by atoms with Crippen molar-refractivity contribution in [2.24, 2.45) is 5.92 Å². The lowest BCUT2D eigenvalue weighted by Gasteiger charge is -2.32. The number of rotatable bonds is 5. The van der Waals surface area contributed by atoms with Gasteiger partial charge in [-0.1, -0.05) is 48.0 Å². The van der Waals surface area contributed by atoms with Gasteiger partial charge in [-0.15, -0.1) is 0 Å². The van der Waals surface area contributed by atoms with Crippen LogP contribution in [0.4, 0.5) is 0 Å². The highest BCUT2D eigenvalue weighted by molar-refractivity contribution is 5.79. The van der Waals surface area contributed by atoms with Crippen molar-refractivity contribution in [2.45, 2.75) is 65.0 Å². The van der Waals surface area contributed by atoms with E-state index in [-0.39, 0.29) is 17.9 Å². The Morgan fingerprint density at radius 2 is 1.72 bits per heavy atom. The number of aryl methyl sites for hydroxylation is 3. The summed E-state index contributed by atoms with van der Waals surface area (Å²) in [7, 11) is 0. The summed E-state index contributed by atoms with van der Waals surface area (Å²) in [5, 5.41) is 3.29. The van der Waals surface area contributed by atoms with Crippen molar-refractivity contribution < 1.29 is 4.79 Å². The van der Waals surface area contributed by atoms with Crippen molar-refractivity contribution in [2.75, 3.05) is 13.1 Å². The number of piperidine rings is 1. The van der Waals surface area contributed by atoms with Crippen LogP contribution in [0.3, 0.4) is 0 Å². The second kappa shape index (κ2) is 9.13. The number of amides is 1. The van der Waals surface area contributed by atoms with Gasteiger partial charge >= 0.3 is 0 Å². The number of nitrogens with zero attached hydrogens (tertiary/aromatic N) is 1. The van der Waals surface area contributed by atoms with E-state index in [9.17, 15) is 4.79 Å². The first-order chi connectivity index (χ1) is 14.1. The molecule has 1 saturated heterocycles. The molecule has 0 radical (unpaired) electrons. The molecule has 0 bridgehead atoms. The van der Waals surface area contributed by atoms with Gasteiger partial charge in [0.1, 0.15) is 0 Å². The van der Waals surface area contributed by atoms with Gasteiger partial charge in [-0.25, -0.2) is 0 Å². The summed E-state index contributed by atoms with van der Waals surface area (Å²) >= 11 is 0. The number of likely N-dealkylation sites (tertiary alicyclic amines) is 1. The van der Waals surface area contributed by atoms with Gasteiger partial charge in [0.15, 0.2) is 0 Å². The zero-order valence-electron chi connectivity index (χ0n) is 17.9. The first-order valence-corrected chi connectivity index (χ1v) is 11.3. The Labute approximate surface area is 175 Å². The Bertz CT molecular complexity index is 834. The minimum Gasteiger partial charge on any atom is -0.349 e. The zero-order chi connectivity index (χ0) is 20.2. The van der Waals surface area contributed by atoms with Crippen LogP contribution >= 0.6 is 0 Å². The zero-order valence-corrected chi connectivity index (χ0v) is 17.9. The molecule has 29 heavy (non-hydrogen) atoms. The lowest BCUT2D eigenvalue weighted by molar-refractivity contribution is -0.127. The van der Waals surface area contributed by atoms with Gasteiger partial charge in [-0.05, 0) is 87.7 Å². The Morgan fingerprint density at radius 3 is 2.45 bits per heavy atom. The molecule has 0 aromatic heterocycles. The maximum absolute atomic E-state index is 12.8. The van der Waals surface area contributed by atoms with E-state index < -0.39 is 0 Å². The van der Waals surface area contributed by atoms with E-state index in [1.54, 1.807) is 0 Å². The minimum absolute atomic E-state index is 0.0836. The Morgan fingerprint density at radius 1 is 1.03 bits per heavy atom. The number of nitrogens with one attached hydrogen (secondary N) is 1. The average molecular weight is 391 g/mol. The summed E-state index contributed by atoms with van der Waals surface area (Å²) in [4.78, 5) is 15.3. The second-order valence-corrected chi connectivity index (χ2v) is 9.00. The van der Waals surface area contributed by atoms with Crippen LogP contribution in [0.1, 0.15) is 66.5 Å². The van der Waals surface area contributed by atoms with E-state index in [2.05, 4.69) is 66.5 Å². The predicted octanol–water partition coefficient (Wildman–Crippen LogP) is 4.96. The minimum atomic E-state index is 0.0836. The fraction of sp³-hybridized carbons (Fsp3) is 0.500. The van der Waals surface area contributed by atoms with E-state index in [1.807, 2.05) is 0 Å². The molecule has 1 amide bonds. The third-order valence-electron chi connectivity index (χ3n) is 6.72. The number of carbonyl (C=O) groups excluding carboxylic acids is 1. The van der Waals surface area contributed by atoms with Crippen molar-refractivity contribution in [1.29, 1.82) is 0 Å². The van der Waals surface area contributed by atoms with Crippen LogP contribution in [-0.4, -0.2) is 23.9 Å². The van der Waals surface area contributed by atoms with Gasteiger partial charge in [0.2, 0.25) is 5.91 Å². The normalized spacial score (nSPS) is 18.8. The van der Waals surface area contributed by atoms with Crippen LogP contribution in [0, 0.1) is 12.8 Å². The molecule has 0 unspecified atom stereocenters. The number of hydrogen-bond acceptors (Lipinski definition) is 2. The van der Waals surface area contributed by atoms with Crippen LogP contribution < -0.4 is 5.32 Å². The van der Waals surface area contributed by atoms with Crippen LogP contribution in [0.5, 0.6) is 0 Å². The van der Waals surface area contributed by atoms with Gasteiger partial charge < -0.3 is 5.32 Å². The lowest BCUT2D eigenvalue weighted by Crippen LogP contribution is -2.40.